The summed E-state index contributed by atoms with van der Waals surface area (Å²) in [7, 11) is 1.79. The van der Waals surface area contributed by atoms with Crippen molar-refractivity contribution in [3.05, 3.63) is 83.2 Å². The van der Waals surface area contributed by atoms with Gasteiger partial charge in [-0.3, -0.25) is 9.48 Å². The smallest absolute Gasteiger partial charge is 0.339 e. The van der Waals surface area contributed by atoms with E-state index in [2.05, 4.69) is 15.4 Å². The summed E-state index contributed by atoms with van der Waals surface area (Å²) in [5.74, 6) is -1.92. The molecule has 2 atom stereocenters. The van der Waals surface area contributed by atoms with Crippen LogP contribution in [0.5, 0.6) is 0 Å². The number of likely N-dealkylation sites (tertiary alicyclic amines) is 1. The van der Waals surface area contributed by atoms with Crippen LogP contribution in [-0.2, 0) is 7.05 Å². The van der Waals surface area contributed by atoms with Crippen LogP contribution in [0.4, 0.5) is 4.39 Å². The van der Waals surface area contributed by atoms with Gasteiger partial charge >= 0.3 is 5.97 Å². The molecule has 2 aromatic carbocycles. The standard InChI is InChI=1S/C29H29FN6O3/c1-34-17-25(32-33-34)22-15-23(22)27-24(29(38)39)16-31-36(27)19-9-6-8-18(14-19)20-10-7-11-21(26(20)30)28(37)35-12-4-2-3-5-13-35/h6-11,14,16-17,22-23H,2-5,12-13,15H2,1H3,(H,38,39)/t22-,23-/m0/s1. The lowest BCUT2D eigenvalue weighted by Crippen LogP contribution is -2.32. The third-order valence-corrected chi connectivity index (χ3v) is 7.70. The number of aromatic carboxylic acids is 1. The van der Waals surface area contributed by atoms with E-state index in [4.69, 9.17) is 0 Å². The molecule has 0 bridgehead atoms. The van der Waals surface area contributed by atoms with Crippen LogP contribution in [-0.4, -0.2) is 59.7 Å². The summed E-state index contributed by atoms with van der Waals surface area (Å²) in [5.41, 5.74) is 3.10. The molecule has 9 nitrogen and oxygen atoms in total. The number of aromatic nitrogens is 5. The van der Waals surface area contributed by atoms with Gasteiger partial charge in [0.15, 0.2) is 0 Å². The highest BCUT2D eigenvalue weighted by Gasteiger charge is 2.46. The van der Waals surface area contributed by atoms with E-state index in [1.165, 1.54) is 6.20 Å². The first-order valence-corrected chi connectivity index (χ1v) is 13.3. The Morgan fingerprint density at radius 1 is 1.00 bits per heavy atom. The quantitative estimate of drug-likeness (QED) is 0.386. The van der Waals surface area contributed by atoms with Gasteiger partial charge in [0.2, 0.25) is 0 Å². The van der Waals surface area contributed by atoms with Gasteiger partial charge in [0, 0.05) is 43.7 Å². The fraction of sp³-hybridized carbons (Fsp3) is 0.345. The predicted molar refractivity (Wildman–Crippen MR) is 141 cm³/mol. The van der Waals surface area contributed by atoms with Crippen molar-refractivity contribution < 1.29 is 19.1 Å². The second kappa shape index (κ2) is 10.1. The van der Waals surface area contributed by atoms with Crippen molar-refractivity contribution in [1.29, 1.82) is 0 Å². The Labute approximate surface area is 224 Å². The van der Waals surface area contributed by atoms with Crippen LogP contribution < -0.4 is 0 Å². The number of hydrogen-bond acceptors (Lipinski definition) is 5. The lowest BCUT2D eigenvalue weighted by atomic mass is 10.0. The van der Waals surface area contributed by atoms with Gasteiger partial charge in [0.1, 0.15) is 11.4 Å². The van der Waals surface area contributed by atoms with Crippen LogP contribution in [0.15, 0.2) is 54.9 Å². The molecule has 0 spiro atoms. The number of aryl methyl sites for hydroxylation is 1. The molecule has 1 aliphatic heterocycles. The molecule has 4 aromatic rings. The molecular formula is C29H29FN6O3. The Morgan fingerprint density at radius 3 is 2.49 bits per heavy atom. The summed E-state index contributed by atoms with van der Waals surface area (Å²) in [6.07, 6.45) is 7.96. The van der Waals surface area contributed by atoms with E-state index >= 15 is 4.39 Å². The molecule has 1 aliphatic carbocycles. The van der Waals surface area contributed by atoms with Crippen molar-refractivity contribution in [2.24, 2.45) is 7.05 Å². The van der Waals surface area contributed by atoms with Crippen LogP contribution in [0.2, 0.25) is 0 Å². The predicted octanol–water partition coefficient (Wildman–Crippen LogP) is 4.79. The van der Waals surface area contributed by atoms with Crippen LogP contribution in [0, 0.1) is 5.82 Å². The van der Waals surface area contributed by atoms with E-state index < -0.39 is 11.8 Å². The van der Waals surface area contributed by atoms with Crippen LogP contribution >= 0.6 is 0 Å². The van der Waals surface area contributed by atoms with Gasteiger partial charge in [-0.25, -0.2) is 13.9 Å². The second-order valence-corrected chi connectivity index (χ2v) is 10.4. The highest BCUT2D eigenvalue weighted by Crippen LogP contribution is 2.55. The van der Waals surface area contributed by atoms with Gasteiger partial charge in [0.05, 0.1) is 28.8 Å². The van der Waals surface area contributed by atoms with Crippen molar-refractivity contribution in [2.45, 2.75) is 43.9 Å². The molecule has 200 valence electrons. The van der Waals surface area contributed by atoms with Gasteiger partial charge in [-0.1, -0.05) is 42.3 Å². The third-order valence-electron chi connectivity index (χ3n) is 7.70. The zero-order valence-corrected chi connectivity index (χ0v) is 21.6. The van der Waals surface area contributed by atoms with Crippen LogP contribution in [0.1, 0.15) is 76.0 Å². The van der Waals surface area contributed by atoms with Crippen LogP contribution in [0.3, 0.4) is 0 Å². The van der Waals surface area contributed by atoms with Crippen molar-refractivity contribution in [2.75, 3.05) is 13.1 Å². The molecule has 2 aromatic heterocycles. The molecule has 3 heterocycles. The number of rotatable bonds is 6. The maximum Gasteiger partial charge on any atom is 0.339 e. The maximum absolute atomic E-state index is 15.8. The molecule has 10 heteroatoms. The molecule has 1 amide bonds. The number of halogens is 1. The SMILES string of the molecule is Cn1cc([C@H]2C[C@@H]2c2c(C(=O)O)cnn2-c2cccc(-c3cccc(C(=O)N4CCCCCC4)c3F)c2)nn1. The molecule has 1 N–H and O–H groups in total. The number of hydrogen-bond donors (Lipinski definition) is 1. The lowest BCUT2D eigenvalue weighted by Gasteiger charge is -2.21. The fourth-order valence-corrected chi connectivity index (χ4v) is 5.61. The number of carbonyl (C=O) groups is 2. The van der Waals surface area contributed by atoms with Gasteiger partial charge in [-0.05, 0) is 43.0 Å². The number of nitrogens with zero attached hydrogens (tertiary/aromatic N) is 6. The van der Waals surface area contributed by atoms with Gasteiger partial charge in [-0.15, -0.1) is 5.10 Å². The number of carboxylic acid groups (broad SMARTS) is 1. The molecule has 2 aliphatic rings. The Kier molecular flexibility index (Phi) is 6.46. The topological polar surface area (TPSA) is 106 Å². The maximum atomic E-state index is 15.8. The van der Waals surface area contributed by atoms with E-state index in [9.17, 15) is 14.7 Å². The average Bonchev–Trinajstić information content (AvgIpc) is 3.52. The van der Waals surface area contributed by atoms with E-state index in [1.54, 1.807) is 57.7 Å². The molecule has 39 heavy (non-hydrogen) atoms. The Hall–Kier alpha value is -4.34. The largest absolute Gasteiger partial charge is 0.478 e. The number of carbonyl (C=O) groups excluding carboxylic acids is 1. The molecule has 0 unspecified atom stereocenters. The third kappa shape index (κ3) is 4.71. The average molecular weight is 529 g/mol. The first-order valence-electron chi connectivity index (χ1n) is 13.3. The van der Waals surface area contributed by atoms with Crippen molar-refractivity contribution in [3.63, 3.8) is 0 Å². The minimum atomic E-state index is -1.05. The van der Waals surface area contributed by atoms with E-state index in [0.717, 1.165) is 37.8 Å². The second-order valence-electron chi connectivity index (χ2n) is 10.4. The van der Waals surface area contributed by atoms with Crippen molar-refractivity contribution in [3.8, 4) is 16.8 Å². The van der Waals surface area contributed by atoms with E-state index in [0.29, 0.717) is 35.6 Å². The Balaban J connectivity index is 1.34. The fourth-order valence-electron chi connectivity index (χ4n) is 5.61. The van der Waals surface area contributed by atoms with E-state index in [1.807, 2.05) is 12.3 Å². The Morgan fingerprint density at radius 2 is 1.77 bits per heavy atom. The lowest BCUT2D eigenvalue weighted by molar-refractivity contribution is 0.0694. The molecule has 0 radical (unpaired) electrons. The molecule has 2 fully saturated rings. The zero-order valence-electron chi connectivity index (χ0n) is 21.6. The van der Waals surface area contributed by atoms with Crippen molar-refractivity contribution in [1.82, 2.24) is 29.7 Å². The van der Waals surface area contributed by atoms with Crippen LogP contribution in [0.25, 0.3) is 16.8 Å². The first-order chi connectivity index (χ1) is 18.9. The summed E-state index contributed by atoms with van der Waals surface area (Å²) < 4.78 is 19.1. The van der Waals surface area contributed by atoms with Gasteiger partial charge in [-0.2, -0.15) is 5.10 Å². The minimum Gasteiger partial charge on any atom is -0.478 e. The number of carboxylic acids is 1. The van der Waals surface area contributed by atoms with Crippen molar-refractivity contribution >= 4 is 11.9 Å². The van der Waals surface area contributed by atoms with E-state index in [-0.39, 0.29) is 28.9 Å². The monoisotopic (exact) mass is 528 g/mol. The normalized spacial score (nSPS) is 19.1. The first kappa shape index (κ1) is 25.0. The summed E-state index contributed by atoms with van der Waals surface area (Å²) in [6, 6.07) is 12.1. The molecule has 1 saturated heterocycles. The summed E-state index contributed by atoms with van der Waals surface area (Å²) in [4.78, 5) is 27.0. The van der Waals surface area contributed by atoms with Gasteiger partial charge < -0.3 is 10.0 Å². The molecular weight excluding hydrogens is 499 g/mol. The summed E-state index contributed by atoms with van der Waals surface area (Å²) in [5, 5.41) is 22.5. The molecule has 1 saturated carbocycles. The highest BCUT2D eigenvalue weighted by molar-refractivity contribution is 5.96. The number of benzene rings is 2. The summed E-state index contributed by atoms with van der Waals surface area (Å²) in [6.45, 7) is 1.28. The zero-order chi connectivity index (χ0) is 27.1. The minimum absolute atomic E-state index is 0.0505. The van der Waals surface area contributed by atoms with Gasteiger partial charge in [0.25, 0.3) is 5.91 Å². The number of amides is 1. The highest BCUT2D eigenvalue weighted by atomic mass is 19.1. The Bertz CT molecular complexity index is 1550. The molecule has 6 rings (SSSR count). The summed E-state index contributed by atoms with van der Waals surface area (Å²) >= 11 is 0.